The molecule has 0 spiro atoms. The Morgan fingerprint density at radius 2 is 1.95 bits per heavy atom. The Morgan fingerprint density at radius 3 is 2.67 bits per heavy atom. The largest absolute Gasteiger partial charge is 0.508 e. The molecule has 5 nitrogen and oxygen atoms in total. The van der Waals surface area contributed by atoms with Gasteiger partial charge in [0.1, 0.15) is 43.2 Å². The first-order chi connectivity index (χ1) is 10.0. The van der Waals surface area contributed by atoms with Gasteiger partial charge in [0.05, 0.1) is 0 Å². The molecule has 0 unspecified atom stereocenters. The fraction of sp³-hybridized carbons (Fsp3) is 0.438. The van der Waals surface area contributed by atoms with Crippen molar-refractivity contribution >= 4 is 11.0 Å². The molecule has 0 saturated carbocycles. The highest BCUT2D eigenvalue weighted by molar-refractivity contribution is 5.81. The minimum Gasteiger partial charge on any atom is -0.508 e. The molecule has 5 heteroatoms. The van der Waals surface area contributed by atoms with Gasteiger partial charge in [-0.25, -0.2) is 4.79 Å². The lowest BCUT2D eigenvalue weighted by molar-refractivity contribution is -0.928. The van der Waals surface area contributed by atoms with E-state index in [1.807, 2.05) is 0 Å². The Bertz CT molecular complexity index is 699. The zero-order chi connectivity index (χ0) is 15.0. The average molecular weight is 290 g/mol. The second kappa shape index (κ2) is 5.50. The van der Waals surface area contributed by atoms with Gasteiger partial charge in [-0.2, -0.15) is 0 Å². The van der Waals surface area contributed by atoms with Crippen molar-refractivity contribution in [1.29, 1.82) is 0 Å². The van der Waals surface area contributed by atoms with Crippen LogP contribution in [-0.2, 0) is 11.3 Å². The maximum atomic E-state index is 11.7. The molecule has 2 N–H and O–H groups in total. The van der Waals surface area contributed by atoms with Crippen LogP contribution in [0.3, 0.4) is 0 Å². The zero-order valence-corrected chi connectivity index (χ0v) is 12.3. The average Bonchev–Trinajstić information content (AvgIpc) is 2.36. The van der Waals surface area contributed by atoms with Crippen LogP contribution in [0.4, 0.5) is 0 Å². The highest BCUT2D eigenvalue weighted by Crippen LogP contribution is 2.21. The number of hydrogen-bond acceptors (Lipinski definition) is 4. The van der Waals surface area contributed by atoms with E-state index >= 15 is 0 Å². The fourth-order valence-electron chi connectivity index (χ4n) is 3.17. The van der Waals surface area contributed by atoms with Crippen molar-refractivity contribution in [2.24, 2.45) is 0 Å². The molecule has 112 valence electrons. The van der Waals surface area contributed by atoms with Gasteiger partial charge < -0.3 is 19.2 Å². The Hall–Kier alpha value is -1.85. The summed E-state index contributed by atoms with van der Waals surface area (Å²) in [6.07, 6.45) is 0.443. The predicted molar refractivity (Wildman–Crippen MR) is 78.6 cm³/mol. The maximum Gasteiger partial charge on any atom is 0.336 e. The van der Waals surface area contributed by atoms with Crippen molar-refractivity contribution in [3.8, 4) is 5.75 Å². The molecule has 1 aliphatic heterocycles. The van der Waals surface area contributed by atoms with Gasteiger partial charge >= 0.3 is 5.63 Å². The number of rotatable bonds is 2. The summed E-state index contributed by atoms with van der Waals surface area (Å²) in [7, 11) is 0. The molecule has 1 aliphatic rings. The molecule has 1 aromatic carbocycles. The number of phenolic OH excluding ortho intramolecular Hbond substituents is 1. The second-order valence-electron chi connectivity index (χ2n) is 5.86. The van der Waals surface area contributed by atoms with Gasteiger partial charge in [0.25, 0.3) is 0 Å². The minimum absolute atomic E-state index is 0.101. The van der Waals surface area contributed by atoms with Crippen molar-refractivity contribution in [2.75, 3.05) is 13.1 Å². The van der Waals surface area contributed by atoms with Crippen LogP contribution >= 0.6 is 0 Å². The maximum absolute atomic E-state index is 11.7. The van der Waals surface area contributed by atoms with E-state index in [0.717, 1.165) is 30.6 Å². The molecule has 1 saturated heterocycles. The summed E-state index contributed by atoms with van der Waals surface area (Å²) in [5.41, 5.74) is 1.01. The van der Waals surface area contributed by atoms with Crippen molar-refractivity contribution < 1.29 is 19.2 Å². The number of benzene rings is 1. The monoisotopic (exact) mass is 290 g/mol. The number of hydrogen-bond donors (Lipinski definition) is 2. The first kappa shape index (κ1) is 14.1. The predicted octanol–water partition coefficient (Wildman–Crippen LogP) is 0.691. The quantitative estimate of drug-likeness (QED) is 0.799. The van der Waals surface area contributed by atoms with Gasteiger partial charge in [0.2, 0.25) is 0 Å². The Morgan fingerprint density at radius 1 is 1.24 bits per heavy atom. The molecule has 0 radical (unpaired) electrons. The third-order valence-corrected chi connectivity index (χ3v) is 3.87. The van der Waals surface area contributed by atoms with Gasteiger partial charge in [-0.3, -0.25) is 0 Å². The lowest BCUT2D eigenvalue weighted by Crippen LogP contribution is -3.14. The van der Waals surface area contributed by atoms with Crippen molar-refractivity contribution in [3.63, 3.8) is 0 Å². The van der Waals surface area contributed by atoms with E-state index in [1.54, 1.807) is 18.2 Å². The molecular weight excluding hydrogens is 270 g/mol. The summed E-state index contributed by atoms with van der Waals surface area (Å²) in [6, 6.07) is 6.46. The van der Waals surface area contributed by atoms with E-state index in [2.05, 4.69) is 13.8 Å². The van der Waals surface area contributed by atoms with Crippen LogP contribution in [0, 0.1) is 0 Å². The topological polar surface area (TPSA) is 64.1 Å². The first-order valence-corrected chi connectivity index (χ1v) is 7.26. The van der Waals surface area contributed by atoms with Gasteiger partial charge in [0, 0.05) is 23.1 Å². The number of quaternary nitrogens is 1. The van der Waals surface area contributed by atoms with Crippen LogP contribution in [0.15, 0.2) is 33.5 Å². The van der Waals surface area contributed by atoms with Gasteiger partial charge in [0.15, 0.2) is 0 Å². The summed E-state index contributed by atoms with van der Waals surface area (Å²) in [5.74, 6) is 0.101. The lowest BCUT2D eigenvalue weighted by atomic mass is 10.1. The molecule has 2 aromatic rings. The van der Waals surface area contributed by atoms with Crippen LogP contribution in [0.2, 0.25) is 0 Å². The standard InChI is InChI=1S/C16H19NO4/c1-10-7-17(8-11(2)20-10)9-12-5-16(19)21-15-6-13(18)3-4-14(12)15/h3-6,10-11,18H,7-9H2,1-2H3/p+1/t10-,11-/m0/s1. The molecule has 3 rings (SSSR count). The highest BCUT2D eigenvalue weighted by atomic mass is 16.5. The summed E-state index contributed by atoms with van der Waals surface area (Å²) >= 11 is 0. The molecule has 21 heavy (non-hydrogen) atoms. The Balaban J connectivity index is 1.95. The van der Waals surface area contributed by atoms with Crippen molar-refractivity contribution in [1.82, 2.24) is 0 Å². The summed E-state index contributed by atoms with van der Waals surface area (Å²) < 4.78 is 10.9. The van der Waals surface area contributed by atoms with E-state index in [4.69, 9.17) is 9.15 Å². The molecular formula is C16H20NO4+. The molecule has 1 aromatic heterocycles. The molecule has 0 bridgehead atoms. The second-order valence-corrected chi connectivity index (χ2v) is 5.86. The normalized spacial score (nSPS) is 26.1. The lowest BCUT2D eigenvalue weighted by Gasteiger charge is -2.32. The fourth-order valence-corrected chi connectivity index (χ4v) is 3.17. The van der Waals surface area contributed by atoms with E-state index in [-0.39, 0.29) is 23.6 Å². The van der Waals surface area contributed by atoms with E-state index in [0.29, 0.717) is 5.58 Å². The van der Waals surface area contributed by atoms with Crippen LogP contribution < -0.4 is 10.5 Å². The highest BCUT2D eigenvalue weighted by Gasteiger charge is 2.26. The number of morpholine rings is 1. The Labute approximate surface area is 122 Å². The first-order valence-electron chi connectivity index (χ1n) is 7.26. The van der Waals surface area contributed by atoms with Crippen LogP contribution in [0.1, 0.15) is 19.4 Å². The molecule has 2 heterocycles. The number of ether oxygens (including phenoxy) is 1. The number of nitrogens with one attached hydrogen (secondary N) is 1. The summed E-state index contributed by atoms with van der Waals surface area (Å²) in [5, 5.41) is 10.4. The van der Waals surface area contributed by atoms with E-state index < -0.39 is 0 Å². The molecule has 1 fully saturated rings. The zero-order valence-electron chi connectivity index (χ0n) is 12.3. The minimum atomic E-state index is -0.378. The van der Waals surface area contributed by atoms with E-state index in [9.17, 15) is 9.90 Å². The van der Waals surface area contributed by atoms with Crippen LogP contribution in [-0.4, -0.2) is 30.4 Å². The number of aromatic hydroxyl groups is 1. The van der Waals surface area contributed by atoms with E-state index in [1.165, 1.54) is 11.0 Å². The summed E-state index contributed by atoms with van der Waals surface area (Å²) in [4.78, 5) is 13.1. The smallest absolute Gasteiger partial charge is 0.336 e. The number of fused-ring (bicyclic) bond motifs is 1. The third-order valence-electron chi connectivity index (χ3n) is 3.87. The van der Waals surface area contributed by atoms with Crippen LogP contribution in [0.25, 0.3) is 11.0 Å². The molecule has 0 amide bonds. The number of phenols is 1. The van der Waals surface area contributed by atoms with Gasteiger partial charge in [-0.1, -0.05) is 0 Å². The molecule has 0 aliphatic carbocycles. The van der Waals surface area contributed by atoms with Crippen LogP contribution in [0.5, 0.6) is 5.75 Å². The van der Waals surface area contributed by atoms with Crippen molar-refractivity contribution in [3.05, 3.63) is 40.2 Å². The third kappa shape index (κ3) is 3.09. The van der Waals surface area contributed by atoms with Crippen molar-refractivity contribution in [2.45, 2.75) is 32.6 Å². The summed E-state index contributed by atoms with van der Waals surface area (Å²) in [6.45, 7) is 6.75. The van der Waals surface area contributed by atoms with Gasteiger partial charge in [-0.05, 0) is 26.0 Å². The van der Waals surface area contributed by atoms with Gasteiger partial charge in [-0.15, -0.1) is 0 Å². The SMILES string of the molecule is C[C@H]1C[NH+](Cc2cc(=O)oc3cc(O)ccc23)C[C@H](C)O1. The Kier molecular flexibility index (Phi) is 3.69. The molecule has 2 atom stereocenters.